The van der Waals surface area contributed by atoms with Gasteiger partial charge in [0.15, 0.2) is 0 Å². The van der Waals surface area contributed by atoms with E-state index in [-0.39, 0.29) is 5.91 Å². The monoisotopic (exact) mass is 293 g/mol. The Labute approximate surface area is 122 Å². The fraction of sp³-hybridized carbons (Fsp3) is 0.462. The third-order valence-electron chi connectivity index (χ3n) is 2.87. The zero-order chi connectivity index (χ0) is 14.7. The molecule has 7 heteroatoms. The summed E-state index contributed by atoms with van der Waals surface area (Å²) in [5.74, 6) is 1.42. The molecule has 0 aromatic carbocycles. The molecule has 1 N–H and O–H groups in total. The van der Waals surface area contributed by atoms with E-state index in [1.165, 1.54) is 0 Å². The van der Waals surface area contributed by atoms with Crippen molar-refractivity contribution in [2.45, 2.75) is 6.92 Å². The number of hydrogen-bond acceptors (Lipinski definition) is 6. The topological polar surface area (TPSA) is 61.4 Å². The molecule has 108 valence electrons. The fourth-order valence-corrected chi connectivity index (χ4v) is 2.55. The first-order chi connectivity index (χ1) is 9.52. The maximum atomic E-state index is 11.8. The number of rotatable bonds is 5. The van der Waals surface area contributed by atoms with Crippen LogP contribution in [0.2, 0.25) is 0 Å². The van der Waals surface area contributed by atoms with Gasteiger partial charge in [-0.05, 0) is 18.4 Å². The molecule has 0 aliphatic rings. The van der Waals surface area contributed by atoms with Crippen molar-refractivity contribution in [1.29, 1.82) is 0 Å². The number of hydrogen-bond donors (Lipinski definition) is 1. The number of anilines is 2. The smallest absolute Gasteiger partial charge is 0.241 e. The number of nitrogens with zero attached hydrogens (tertiary/aromatic N) is 4. The SMILES string of the molecule is CCNc1nc(N(C)CC(=O)N(C)C)c2ccsc2n1. The predicted octanol–water partition coefficient (Wildman–Crippen LogP) is 1.65. The molecule has 0 bridgehead atoms. The van der Waals surface area contributed by atoms with Crippen molar-refractivity contribution in [3.05, 3.63) is 11.4 Å². The summed E-state index contributed by atoms with van der Waals surface area (Å²) in [6, 6.07) is 1.99. The first kappa shape index (κ1) is 14.5. The molecular weight excluding hydrogens is 274 g/mol. The Morgan fingerprint density at radius 3 is 2.75 bits per heavy atom. The lowest BCUT2D eigenvalue weighted by Crippen LogP contribution is -2.34. The number of carbonyl (C=O) groups excluding carboxylic acids is 1. The summed E-state index contributed by atoms with van der Waals surface area (Å²) < 4.78 is 0. The van der Waals surface area contributed by atoms with Crippen molar-refractivity contribution in [3.8, 4) is 0 Å². The maximum Gasteiger partial charge on any atom is 0.241 e. The van der Waals surface area contributed by atoms with Gasteiger partial charge in [-0.3, -0.25) is 4.79 Å². The first-order valence-corrected chi connectivity index (χ1v) is 7.31. The number of nitrogens with one attached hydrogen (secondary N) is 1. The Balaban J connectivity index is 2.35. The number of likely N-dealkylation sites (N-methyl/N-ethyl adjacent to an activating group) is 2. The van der Waals surface area contributed by atoms with E-state index in [2.05, 4.69) is 15.3 Å². The highest BCUT2D eigenvalue weighted by molar-refractivity contribution is 7.16. The molecule has 0 saturated heterocycles. The molecular formula is C13H19N5OS. The standard InChI is InChI=1S/C13H19N5OS/c1-5-14-13-15-11(9-6-7-20-12(9)16-13)18(4)8-10(19)17(2)3/h6-7H,5,8H2,1-4H3,(H,14,15,16). The zero-order valence-electron chi connectivity index (χ0n) is 12.2. The molecule has 0 fully saturated rings. The minimum absolute atomic E-state index is 0.0412. The number of aromatic nitrogens is 2. The zero-order valence-corrected chi connectivity index (χ0v) is 13.0. The van der Waals surface area contributed by atoms with Gasteiger partial charge in [0.1, 0.15) is 10.6 Å². The van der Waals surface area contributed by atoms with Gasteiger partial charge in [0, 0.05) is 27.7 Å². The van der Waals surface area contributed by atoms with E-state index in [1.807, 2.05) is 30.3 Å². The van der Waals surface area contributed by atoms with Crippen molar-refractivity contribution in [1.82, 2.24) is 14.9 Å². The summed E-state index contributed by atoms with van der Waals surface area (Å²) in [5, 5.41) is 6.09. The second kappa shape index (κ2) is 6.04. The van der Waals surface area contributed by atoms with Crippen LogP contribution in [0.5, 0.6) is 0 Å². The lowest BCUT2D eigenvalue weighted by Gasteiger charge is -2.21. The van der Waals surface area contributed by atoms with E-state index in [9.17, 15) is 4.79 Å². The van der Waals surface area contributed by atoms with E-state index in [0.717, 1.165) is 22.6 Å². The molecule has 0 spiro atoms. The molecule has 2 heterocycles. The first-order valence-electron chi connectivity index (χ1n) is 6.43. The van der Waals surface area contributed by atoms with Crippen LogP contribution in [-0.4, -0.2) is 55.0 Å². The van der Waals surface area contributed by atoms with Gasteiger partial charge in [0.2, 0.25) is 11.9 Å². The molecule has 2 aromatic rings. The highest BCUT2D eigenvalue weighted by Crippen LogP contribution is 2.28. The number of amides is 1. The van der Waals surface area contributed by atoms with Gasteiger partial charge < -0.3 is 15.1 Å². The Morgan fingerprint density at radius 1 is 1.35 bits per heavy atom. The van der Waals surface area contributed by atoms with Crippen LogP contribution in [0.25, 0.3) is 10.2 Å². The maximum absolute atomic E-state index is 11.8. The molecule has 6 nitrogen and oxygen atoms in total. The van der Waals surface area contributed by atoms with Gasteiger partial charge in [0.25, 0.3) is 0 Å². The van der Waals surface area contributed by atoms with E-state index in [4.69, 9.17) is 0 Å². The Morgan fingerprint density at radius 2 is 2.10 bits per heavy atom. The Kier molecular flexibility index (Phi) is 4.39. The van der Waals surface area contributed by atoms with Gasteiger partial charge in [-0.15, -0.1) is 11.3 Å². The quantitative estimate of drug-likeness (QED) is 0.908. The van der Waals surface area contributed by atoms with E-state index in [0.29, 0.717) is 12.5 Å². The molecule has 0 unspecified atom stereocenters. The lowest BCUT2D eigenvalue weighted by atomic mass is 10.3. The summed E-state index contributed by atoms with van der Waals surface area (Å²) >= 11 is 1.57. The van der Waals surface area contributed by atoms with Crippen LogP contribution in [0.1, 0.15) is 6.92 Å². The molecule has 0 atom stereocenters. The summed E-state index contributed by atoms with van der Waals surface area (Å²) in [5.41, 5.74) is 0. The van der Waals surface area contributed by atoms with Crippen LogP contribution >= 0.6 is 11.3 Å². The van der Waals surface area contributed by atoms with Crippen LogP contribution < -0.4 is 10.2 Å². The van der Waals surface area contributed by atoms with E-state index >= 15 is 0 Å². The van der Waals surface area contributed by atoms with Gasteiger partial charge in [-0.2, -0.15) is 4.98 Å². The number of fused-ring (bicyclic) bond motifs is 1. The predicted molar refractivity (Wildman–Crippen MR) is 83.5 cm³/mol. The minimum Gasteiger partial charge on any atom is -0.354 e. The summed E-state index contributed by atoms with van der Waals surface area (Å²) in [6.45, 7) is 3.05. The Bertz CT molecular complexity index is 610. The van der Waals surface area contributed by atoms with Crippen molar-refractivity contribution in [2.75, 3.05) is 44.4 Å². The van der Waals surface area contributed by atoms with Crippen LogP contribution in [0.15, 0.2) is 11.4 Å². The average molecular weight is 293 g/mol. The third kappa shape index (κ3) is 2.98. The summed E-state index contributed by atoms with van der Waals surface area (Å²) in [7, 11) is 5.37. The Hall–Kier alpha value is -1.89. The molecule has 2 rings (SSSR count). The second-order valence-corrected chi connectivity index (χ2v) is 5.58. The molecule has 20 heavy (non-hydrogen) atoms. The van der Waals surface area contributed by atoms with Crippen LogP contribution in [0.3, 0.4) is 0 Å². The van der Waals surface area contributed by atoms with Crippen LogP contribution in [0.4, 0.5) is 11.8 Å². The minimum atomic E-state index is 0.0412. The van der Waals surface area contributed by atoms with Gasteiger partial charge in [-0.25, -0.2) is 4.98 Å². The molecule has 2 aromatic heterocycles. The van der Waals surface area contributed by atoms with Crippen molar-refractivity contribution in [2.24, 2.45) is 0 Å². The van der Waals surface area contributed by atoms with Crippen LogP contribution in [-0.2, 0) is 4.79 Å². The molecule has 0 aliphatic carbocycles. The van der Waals surface area contributed by atoms with E-state index < -0.39 is 0 Å². The fourth-order valence-electron chi connectivity index (χ4n) is 1.79. The van der Waals surface area contributed by atoms with Gasteiger partial charge in [0.05, 0.1) is 11.9 Å². The highest BCUT2D eigenvalue weighted by Gasteiger charge is 2.15. The molecule has 1 amide bonds. The average Bonchev–Trinajstić information content (AvgIpc) is 2.85. The van der Waals surface area contributed by atoms with Crippen molar-refractivity contribution in [3.63, 3.8) is 0 Å². The lowest BCUT2D eigenvalue weighted by molar-refractivity contribution is -0.127. The second-order valence-electron chi connectivity index (χ2n) is 4.68. The van der Waals surface area contributed by atoms with Crippen LogP contribution in [0, 0.1) is 0 Å². The molecule has 0 saturated carbocycles. The number of carbonyl (C=O) groups is 1. The summed E-state index contributed by atoms with van der Waals surface area (Å²) in [4.78, 5) is 25.2. The summed E-state index contributed by atoms with van der Waals surface area (Å²) in [6.07, 6.45) is 0. The third-order valence-corrected chi connectivity index (χ3v) is 3.68. The largest absolute Gasteiger partial charge is 0.354 e. The van der Waals surface area contributed by atoms with Crippen molar-refractivity contribution < 1.29 is 4.79 Å². The number of thiophene rings is 1. The highest BCUT2D eigenvalue weighted by atomic mass is 32.1. The van der Waals surface area contributed by atoms with Gasteiger partial charge in [-0.1, -0.05) is 0 Å². The molecule has 0 radical (unpaired) electrons. The van der Waals surface area contributed by atoms with Crippen molar-refractivity contribution >= 4 is 39.2 Å². The normalized spacial score (nSPS) is 10.6. The van der Waals surface area contributed by atoms with Gasteiger partial charge >= 0.3 is 0 Å². The molecule has 0 aliphatic heterocycles. The van der Waals surface area contributed by atoms with E-state index in [1.54, 1.807) is 30.3 Å².